The van der Waals surface area contributed by atoms with Crippen LogP contribution in [0.3, 0.4) is 0 Å². The van der Waals surface area contributed by atoms with Gasteiger partial charge in [0.2, 0.25) is 5.91 Å². The molecule has 22 heavy (non-hydrogen) atoms. The second kappa shape index (κ2) is 6.23. The molecule has 0 radical (unpaired) electrons. The summed E-state index contributed by atoms with van der Waals surface area (Å²) in [5, 5.41) is 9.86. The highest BCUT2D eigenvalue weighted by atomic mass is 16.3. The lowest BCUT2D eigenvalue weighted by Crippen LogP contribution is -2.45. The van der Waals surface area contributed by atoms with Gasteiger partial charge in [-0.05, 0) is 30.5 Å². The molecule has 0 saturated carbocycles. The number of piperidine rings is 1. The van der Waals surface area contributed by atoms with E-state index in [2.05, 4.69) is 9.97 Å². The minimum absolute atomic E-state index is 0.0964. The fourth-order valence-corrected chi connectivity index (χ4v) is 2.56. The molecule has 1 aromatic heterocycles. The van der Waals surface area contributed by atoms with Crippen LogP contribution in [0.1, 0.15) is 19.0 Å². The van der Waals surface area contributed by atoms with Crippen molar-refractivity contribution in [2.75, 3.05) is 13.1 Å². The molecule has 1 amide bonds. The standard InChI is InChI=1S/C17H19N3O2/c1-12-8-9-20(11-16(12)21)17(22)7-6-13-10-18-14-4-2-3-5-15(14)19-13/h2-7,10,12,16,21H,8-9,11H2,1H3/b7-6+. The molecule has 3 rings (SSSR count). The molecule has 0 aliphatic carbocycles. The number of benzene rings is 1. The van der Waals surface area contributed by atoms with E-state index in [1.165, 1.54) is 6.08 Å². The van der Waals surface area contributed by atoms with E-state index in [4.69, 9.17) is 0 Å². The topological polar surface area (TPSA) is 66.3 Å². The molecule has 1 saturated heterocycles. The fraction of sp³-hybridized carbons (Fsp3) is 0.353. The first-order valence-corrected chi connectivity index (χ1v) is 7.50. The number of carbonyl (C=O) groups is 1. The number of β-amino-alcohol motifs (C(OH)–C–C–N with tert-alkyl or cyclic N) is 1. The van der Waals surface area contributed by atoms with Gasteiger partial charge in [-0.15, -0.1) is 0 Å². The van der Waals surface area contributed by atoms with Gasteiger partial charge in [0.1, 0.15) is 0 Å². The summed E-state index contributed by atoms with van der Waals surface area (Å²) < 4.78 is 0. The Bertz CT molecular complexity index is 714. The zero-order valence-electron chi connectivity index (χ0n) is 12.5. The average molecular weight is 297 g/mol. The van der Waals surface area contributed by atoms with Crippen LogP contribution in [-0.2, 0) is 4.79 Å². The van der Waals surface area contributed by atoms with E-state index in [1.807, 2.05) is 31.2 Å². The Labute approximate surface area is 129 Å². The van der Waals surface area contributed by atoms with Crippen molar-refractivity contribution in [3.8, 4) is 0 Å². The predicted octanol–water partition coefficient (Wildman–Crippen LogP) is 1.87. The summed E-state index contributed by atoms with van der Waals surface area (Å²) >= 11 is 0. The maximum atomic E-state index is 12.2. The summed E-state index contributed by atoms with van der Waals surface area (Å²) in [6.07, 6.45) is 5.22. The number of para-hydroxylation sites is 2. The monoisotopic (exact) mass is 297 g/mol. The molecule has 1 N–H and O–H groups in total. The summed E-state index contributed by atoms with van der Waals surface area (Å²) in [7, 11) is 0. The highest BCUT2D eigenvalue weighted by Crippen LogP contribution is 2.17. The van der Waals surface area contributed by atoms with Crippen molar-refractivity contribution in [2.45, 2.75) is 19.4 Å². The Hall–Kier alpha value is -2.27. The van der Waals surface area contributed by atoms with Crippen LogP contribution in [-0.4, -0.2) is 45.1 Å². The van der Waals surface area contributed by atoms with Gasteiger partial charge >= 0.3 is 0 Å². The molecule has 2 atom stereocenters. The van der Waals surface area contributed by atoms with Crippen LogP contribution in [0.25, 0.3) is 17.1 Å². The number of aliphatic hydroxyl groups is 1. The van der Waals surface area contributed by atoms with Crippen molar-refractivity contribution in [3.63, 3.8) is 0 Å². The van der Waals surface area contributed by atoms with Gasteiger partial charge in [0.25, 0.3) is 0 Å². The molecule has 2 unspecified atom stereocenters. The number of carbonyl (C=O) groups excluding carboxylic acids is 1. The van der Waals surface area contributed by atoms with Gasteiger partial charge in [0.05, 0.1) is 29.0 Å². The van der Waals surface area contributed by atoms with Crippen molar-refractivity contribution in [1.82, 2.24) is 14.9 Å². The van der Waals surface area contributed by atoms with Gasteiger partial charge in [-0.2, -0.15) is 0 Å². The lowest BCUT2D eigenvalue weighted by atomic mass is 9.96. The molecule has 1 aromatic carbocycles. The van der Waals surface area contributed by atoms with Gasteiger partial charge in [-0.1, -0.05) is 19.1 Å². The van der Waals surface area contributed by atoms with Crippen LogP contribution in [0.2, 0.25) is 0 Å². The van der Waals surface area contributed by atoms with Crippen molar-refractivity contribution < 1.29 is 9.90 Å². The Morgan fingerprint density at radius 3 is 2.91 bits per heavy atom. The highest BCUT2D eigenvalue weighted by Gasteiger charge is 2.26. The minimum atomic E-state index is -0.438. The van der Waals surface area contributed by atoms with E-state index in [1.54, 1.807) is 17.2 Å². The van der Waals surface area contributed by atoms with E-state index < -0.39 is 6.10 Å². The number of hydrogen-bond acceptors (Lipinski definition) is 4. The Balaban J connectivity index is 1.71. The first-order valence-electron chi connectivity index (χ1n) is 7.50. The smallest absolute Gasteiger partial charge is 0.246 e. The van der Waals surface area contributed by atoms with E-state index in [-0.39, 0.29) is 11.8 Å². The lowest BCUT2D eigenvalue weighted by Gasteiger charge is -2.33. The molecule has 0 spiro atoms. The van der Waals surface area contributed by atoms with Gasteiger partial charge in [-0.25, -0.2) is 4.98 Å². The maximum Gasteiger partial charge on any atom is 0.246 e. The zero-order valence-corrected chi connectivity index (χ0v) is 12.5. The summed E-state index contributed by atoms with van der Waals surface area (Å²) in [5.41, 5.74) is 2.29. The van der Waals surface area contributed by atoms with Crippen LogP contribution in [0.15, 0.2) is 36.5 Å². The SMILES string of the molecule is CC1CCN(C(=O)/C=C/c2cnc3ccccc3n2)CC1O. The summed E-state index contributed by atoms with van der Waals surface area (Å²) in [6, 6.07) is 7.62. The van der Waals surface area contributed by atoms with Gasteiger partial charge in [-0.3, -0.25) is 9.78 Å². The van der Waals surface area contributed by atoms with Gasteiger partial charge in [0, 0.05) is 19.2 Å². The summed E-state index contributed by atoms with van der Waals surface area (Å²) in [5.74, 6) is 0.153. The minimum Gasteiger partial charge on any atom is -0.391 e. The van der Waals surface area contributed by atoms with Gasteiger partial charge in [0.15, 0.2) is 0 Å². The van der Waals surface area contributed by atoms with Crippen LogP contribution in [0.5, 0.6) is 0 Å². The van der Waals surface area contributed by atoms with E-state index in [0.29, 0.717) is 18.8 Å². The third kappa shape index (κ3) is 3.14. The molecule has 1 aliphatic rings. The average Bonchev–Trinajstić information content (AvgIpc) is 2.55. The molecule has 114 valence electrons. The number of nitrogens with zero attached hydrogens (tertiary/aromatic N) is 3. The number of hydrogen-bond donors (Lipinski definition) is 1. The molecule has 1 aliphatic heterocycles. The molecule has 5 heteroatoms. The number of fused-ring (bicyclic) bond motifs is 1. The Morgan fingerprint density at radius 2 is 2.14 bits per heavy atom. The first kappa shape index (κ1) is 14.7. The molecule has 1 fully saturated rings. The van der Waals surface area contributed by atoms with Crippen molar-refractivity contribution in [3.05, 3.63) is 42.2 Å². The Morgan fingerprint density at radius 1 is 1.36 bits per heavy atom. The fourth-order valence-electron chi connectivity index (χ4n) is 2.56. The van der Waals surface area contributed by atoms with Crippen LogP contribution in [0, 0.1) is 5.92 Å². The number of aliphatic hydroxyl groups excluding tert-OH is 1. The second-order valence-electron chi connectivity index (χ2n) is 5.73. The van der Waals surface area contributed by atoms with Crippen molar-refractivity contribution >= 4 is 23.0 Å². The molecular formula is C17H19N3O2. The molecule has 2 heterocycles. The molecule has 0 bridgehead atoms. The third-order valence-electron chi connectivity index (χ3n) is 4.09. The molecule has 2 aromatic rings. The highest BCUT2D eigenvalue weighted by molar-refractivity contribution is 5.91. The summed E-state index contributed by atoms with van der Waals surface area (Å²) in [4.78, 5) is 22.6. The number of amides is 1. The van der Waals surface area contributed by atoms with Crippen LogP contribution in [0.4, 0.5) is 0 Å². The van der Waals surface area contributed by atoms with Crippen molar-refractivity contribution in [1.29, 1.82) is 0 Å². The van der Waals surface area contributed by atoms with E-state index >= 15 is 0 Å². The lowest BCUT2D eigenvalue weighted by molar-refractivity contribution is -0.130. The van der Waals surface area contributed by atoms with Crippen LogP contribution >= 0.6 is 0 Å². The van der Waals surface area contributed by atoms with Crippen LogP contribution < -0.4 is 0 Å². The number of rotatable bonds is 2. The Kier molecular flexibility index (Phi) is 4.15. The largest absolute Gasteiger partial charge is 0.391 e. The third-order valence-corrected chi connectivity index (χ3v) is 4.09. The number of aromatic nitrogens is 2. The normalized spacial score (nSPS) is 22.4. The second-order valence-corrected chi connectivity index (χ2v) is 5.73. The quantitative estimate of drug-likeness (QED) is 0.859. The predicted molar refractivity (Wildman–Crippen MR) is 84.9 cm³/mol. The maximum absolute atomic E-state index is 12.2. The van der Waals surface area contributed by atoms with E-state index in [9.17, 15) is 9.90 Å². The molecular weight excluding hydrogens is 278 g/mol. The van der Waals surface area contributed by atoms with Gasteiger partial charge < -0.3 is 10.0 Å². The van der Waals surface area contributed by atoms with E-state index in [0.717, 1.165) is 17.5 Å². The first-order chi connectivity index (χ1) is 10.6. The number of likely N-dealkylation sites (tertiary alicyclic amines) is 1. The summed E-state index contributed by atoms with van der Waals surface area (Å²) in [6.45, 7) is 3.09. The van der Waals surface area contributed by atoms with Crippen molar-refractivity contribution in [2.24, 2.45) is 5.92 Å². The molecule has 5 nitrogen and oxygen atoms in total. The zero-order chi connectivity index (χ0) is 15.5.